The second kappa shape index (κ2) is 11.3. The maximum Gasteiger partial charge on any atom is 0.191 e. The number of aliphatic hydroxyl groups excluding tert-OH is 1. The Morgan fingerprint density at radius 1 is 1.24 bits per heavy atom. The first-order valence-electron chi connectivity index (χ1n) is 7.99. The predicted octanol–water partition coefficient (Wildman–Crippen LogP) is 3.70. The summed E-state index contributed by atoms with van der Waals surface area (Å²) in [6.45, 7) is 5.00. The summed E-state index contributed by atoms with van der Waals surface area (Å²) in [5.74, 6) is 0.637. The Bertz CT molecular complexity index is 669. The molecule has 0 radical (unpaired) electrons. The summed E-state index contributed by atoms with van der Waals surface area (Å²) in [5, 5.41) is 17.4. The highest BCUT2D eigenvalue weighted by atomic mass is 127. The van der Waals surface area contributed by atoms with Crippen molar-refractivity contribution in [1.82, 2.24) is 15.6 Å². The third kappa shape index (κ3) is 6.80. The third-order valence-corrected chi connectivity index (χ3v) is 3.93. The molecule has 0 saturated heterocycles. The number of pyridine rings is 1. The van der Waals surface area contributed by atoms with Crippen LogP contribution in [0.25, 0.3) is 0 Å². The molecule has 7 heteroatoms. The van der Waals surface area contributed by atoms with Crippen molar-refractivity contribution >= 4 is 41.5 Å². The van der Waals surface area contributed by atoms with Gasteiger partial charge in [0.25, 0.3) is 0 Å². The molecule has 0 saturated carbocycles. The van der Waals surface area contributed by atoms with Crippen LogP contribution in [0.2, 0.25) is 5.02 Å². The minimum absolute atomic E-state index is 0. The molecular weight excluding hydrogens is 451 g/mol. The molecule has 0 aliphatic heterocycles. The smallest absolute Gasteiger partial charge is 0.191 e. The average molecular weight is 475 g/mol. The summed E-state index contributed by atoms with van der Waals surface area (Å²) in [5.41, 5.74) is 1.79. The fourth-order valence-electron chi connectivity index (χ4n) is 2.30. The Morgan fingerprint density at radius 3 is 2.56 bits per heavy atom. The first kappa shape index (κ1) is 21.7. The molecule has 1 aromatic heterocycles. The van der Waals surface area contributed by atoms with E-state index < -0.39 is 6.10 Å². The van der Waals surface area contributed by atoms with Gasteiger partial charge in [0.15, 0.2) is 5.96 Å². The molecule has 0 bridgehead atoms. The first-order valence-corrected chi connectivity index (χ1v) is 8.37. The lowest BCUT2D eigenvalue weighted by atomic mass is 10.1. The molecule has 0 spiro atoms. The highest BCUT2D eigenvalue weighted by Gasteiger charge is 2.12. The van der Waals surface area contributed by atoms with Gasteiger partial charge in [0, 0.05) is 24.0 Å². The number of halogens is 2. The van der Waals surface area contributed by atoms with Crippen LogP contribution in [-0.2, 0) is 0 Å². The van der Waals surface area contributed by atoms with E-state index in [0.29, 0.717) is 11.0 Å². The number of aliphatic hydroxyl groups is 1. The molecule has 5 nitrogen and oxygen atoms in total. The highest BCUT2D eigenvalue weighted by molar-refractivity contribution is 14.0. The normalized spacial score (nSPS) is 13.5. The van der Waals surface area contributed by atoms with Crippen molar-refractivity contribution in [2.24, 2.45) is 4.99 Å². The molecule has 0 aliphatic rings. The Kier molecular flexibility index (Phi) is 9.77. The Morgan fingerprint density at radius 2 is 1.92 bits per heavy atom. The van der Waals surface area contributed by atoms with E-state index in [0.717, 1.165) is 17.7 Å². The van der Waals surface area contributed by atoms with Crippen molar-refractivity contribution in [2.45, 2.75) is 26.0 Å². The predicted molar refractivity (Wildman–Crippen MR) is 114 cm³/mol. The summed E-state index contributed by atoms with van der Waals surface area (Å²) < 4.78 is 0. The molecular formula is C18H24ClIN4O. The van der Waals surface area contributed by atoms with Crippen molar-refractivity contribution in [1.29, 1.82) is 0 Å². The average Bonchev–Trinajstić information content (AvgIpc) is 2.60. The number of rotatable bonds is 6. The van der Waals surface area contributed by atoms with Gasteiger partial charge in [-0.1, -0.05) is 29.8 Å². The van der Waals surface area contributed by atoms with Gasteiger partial charge < -0.3 is 15.7 Å². The van der Waals surface area contributed by atoms with Gasteiger partial charge in [-0.05, 0) is 43.2 Å². The number of benzene rings is 1. The Balaban J connectivity index is 0.00000312. The largest absolute Gasteiger partial charge is 0.386 e. The fourth-order valence-corrected chi connectivity index (χ4v) is 2.60. The molecule has 25 heavy (non-hydrogen) atoms. The lowest BCUT2D eigenvalue weighted by Gasteiger charge is -2.19. The first-order chi connectivity index (χ1) is 11.6. The van der Waals surface area contributed by atoms with Crippen LogP contribution in [0.5, 0.6) is 0 Å². The number of nitrogens with one attached hydrogen (secondary N) is 2. The van der Waals surface area contributed by atoms with Gasteiger partial charge in [-0.2, -0.15) is 0 Å². The number of aromatic nitrogens is 1. The molecule has 3 N–H and O–H groups in total. The Hall–Kier alpha value is -1.38. The SMILES string of the molecule is CCNC(=NCC(O)c1ccncc1)NC(C)c1ccccc1Cl.I. The van der Waals surface area contributed by atoms with Crippen molar-refractivity contribution in [3.63, 3.8) is 0 Å². The fraction of sp³-hybridized carbons (Fsp3) is 0.333. The van der Waals surface area contributed by atoms with Crippen molar-refractivity contribution in [3.05, 3.63) is 64.9 Å². The van der Waals surface area contributed by atoms with E-state index in [-0.39, 0.29) is 36.6 Å². The van der Waals surface area contributed by atoms with E-state index >= 15 is 0 Å². The van der Waals surface area contributed by atoms with Crippen LogP contribution in [0.15, 0.2) is 53.8 Å². The van der Waals surface area contributed by atoms with Crippen LogP contribution in [0.4, 0.5) is 0 Å². The number of nitrogens with zero attached hydrogens (tertiary/aromatic N) is 2. The molecule has 0 aliphatic carbocycles. The minimum Gasteiger partial charge on any atom is -0.386 e. The molecule has 136 valence electrons. The van der Waals surface area contributed by atoms with Gasteiger partial charge in [0.1, 0.15) is 0 Å². The summed E-state index contributed by atoms with van der Waals surface area (Å²) in [6.07, 6.45) is 2.65. The molecule has 0 amide bonds. The zero-order valence-electron chi connectivity index (χ0n) is 14.3. The lowest BCUT2D eigenvalue weighted by molar-refractivity contribution is 0.187. The van der Waals surface area contributed by atoms with Crippen molar-refractivity contribution < 1.29 is 5.11 Å². The van der Waals surface area contributed by atoms with Gasteiger partial charge in [-0.25, -0.2) is 0 Å². The van der Waals surface area contributed by atoms with E-state index in [9.17, 15) is 5.11 Å². The number of guanidine groups is 1. The van der Waals surface area contributed by atoms with E-state index in [1.165, 1.54) is 0 Å². The third-order valence-electron chi connectivity index (χ3n) is 3.58. The minimum atomic E-state index is -0.668. The zero-order chi connectivity index (χ0) is 17.4. The van der Waals surface area contributed by atoms with E-state index in [1.807, 2.05) is 38.1 Å². The zero-order valence-corrected chi connectivity index (χ0v) is 17.4. The summed E-state index contributed by atoms with van der Waals surface area (Å²) in [7, 11) is 0. The van der Waals surface area contributed by atoms with Crippen molar-refractivity contribution in [2.75, 3.05) is 13.1 Å². The maximum absolute atomic E-state index is 10.2. The number of hydrogen-bond acceptors (Lipinski definition) is 3. The highest BCUT2D eigenvalue weighted by Crippen LogP contribution is 2.22. The molecule has 2 atom stereocenters. The summed E-state index contributed by atoms with van der Waals surface area (Å²) in [6, 6.07) is 11.3. The van der Waals surface area contributed by atoms with Crippen LogP contribution in [-0.4, -0.2) is 29.1 Å². The van der Waals surface area contributed by atoms with Crippen LogP contribution >= 0.6 is 35.6 Å². The Labute approximate surface area is 170 Å². The molecule has 1 heterocycles. The number of aliphatic imine (C=N–C) groups is 1. The maximum atomic E-state index is 10.2. The molecule has 2 rings (SSSR count). The van der Waals surface area contributed by atoms with Gasteiger partial charge in [0.2, 0.25) is 0 Å². The quantitative estimate of drug-likeness (QED) is 0.339. The van der Waals surface area contributed by atoms with Crippen LogP contribution in [0, 0.1) is 0 Å². The van der Waals surface area contributed by atoms with E-state index in [4.69, 9.17) is 11.6 Å². The number of hydrogen-bond donors (Lipinski definition) is 3. The molecule has 2 aromatic rings. The summed E-state index contributed by atoms with van der Waals surface area (Å²) in [4.78, 5) is 8.42. The summed E-state index contributed by atoms with van der Waals surface area (Å²) >= 11 is 6.24. The second-order valence-corrected chi connectivity index (χ2v) is 5.81. The van der Waals surface area contributed by atoms with Crippen LogP contribution in [0.1, 0.15) is 37.1 Å². The van der Waals surface area contributed by atoms with Gasteiger partial charge in [0.05, 0.1) is 18.7 Å². The van der Waals surface area contributed by atoms with Crippen LogP contribution in [0.3, 0.4) is 0 Å². The van der Waals surface area contributed by atoms with E-state index in [2.05, 4.69) is 20.6 Å². The topological polar surface area (TPSA) is 69.5 Å². The van der Waals surface area contributed by atoms with Gasteiger partial charge in [-0.3, -0.25) is 9.98 Å². The molecule has 0 fully saturated rings. The molecule has 2 unspecified atom stereocenters. The molecule has 1 aromatic carbocycles. The van der Waals surface area contributed by atoms with Crippen molar-refractivity contribution in [3.8, 4) is 0 Å². The lowest BCUT2D eigenvalue weighted by Crippen LogP contribution is -2.39. The second-order valence-electron chi connectivity index (χ2n) is 5.40. The monoisotopic (exact) mass is 474 g/mol. The van der Waals surface area contributed by atoms with E-state index in [1.54, 1.807) is 24.5 Å². The standard InChI is InChI=1S/C18H23ClN4O.HI/c1-3-21-18(22-12-17(24)14-8-10-20-11-9-14)23-13(2)15-6-4-5-7-16(15)19;/h4-11,13,17,24H,3,12H2,1-2H3,(H2,21,22,23);1H. The van der Waals surface area contributed by atoms with Gasteiger partial charge >= 0.3 is 0 Å². The van der Waals surface area contributed by atoms with Crippen LogP contribution < -0.4 is 10.6 Å². The van der Waals surface area contributed by atoms with Gasteiger partial charge in [-0.15, -0.1) is 24.0 Å².